The lowest BCUT2D eigenvalue weighted by atomic mass is 10.1. The lowest BCUT2D eigenvalue weighted by Gasteiger charge is -2.10. The summed E-state index contributed by atoms with van der Waals surface area (Å²) in [5, 5.41) is 5.85. The SMILES string of the molecule is Cc1c(Cl)cccc1NC(=O)c1cncc(C(=O)Nc2cccc(F)c2)c1. The number of pyridine rings is 1. The van der Waals surface area contributed by atoms with Gasteiger partial charge in [-0.3, -0.25) is 14.6 Å². The first kappa shape index (κ1) is 18.5. The second-order valence-corrected chi connectivity index (χ2v) is 6.20. The fraction of sp³-hybridized carbons (Fsp3) is 0.0500. The number of nitrogens with one attached hydrogen (secondary N) is 2. The normalized spacial score (nSPS) is 10.3. The third-order valence-electron chi connectivity index (χ3n) is 3.86. The molecule has 0 bridgehead atoms. The average molecular weight is 384 g/mol. The molecule has 0 fully saturated rings. The summed E-state index contributed by atoms with van der Waals surface area (Å²) in [7, 11) is 0. The summed E-state index contributed by atoms with van der Waals surface area (Å²) >= 11 is 6.05. The maximum absolute atomic E-state index is 13.2. The van der Waals surface area contributed by atoms with Crippen LogP contribution in [0.25, 0.3) is 0 Å². The average Bonchev–Trinajstić information content (AvgIpc) is 2.65. The van der Waals surface area contributed by atoms with Crippen LogP contribution in [0.4, 0.5) is 15.8 Å². The van der Waals surface area contributed by atoms with Gasteiger partial charge >= 0.3 is 0 Å². The smallest absolute Gasteiger partial charge is 0.257 e. The van der Waals surface area contributed by atoms with Crippen LogP contribution < -0.4 is 10.6 Å². The number of amides is 2. The van der Waals surface area contributed by atoms with E-state index in [1.165, 1.54) is 36.7 Å². The topological polar surface area (TPSA) is 71.1 Å². The Morgan fingerprint density at radius 3 is 2.33 bits per heavy atom. The summed E-state index contributed by atoms with van der Waals surface area (Å²) < 4.78 is 13.2. The van der Waals surface area contributed by atoms with Crippen LogP contribution in [-0.2, 0) is 0 Å². The Kier molecular flexibility index (Phi) is 5.47. The lowest BCUT2D eigenvalue weighted by Crippen LogP contribution is -2.16. The van der Waals surface area contributed by atoms with E-state index in [4.69, 9.17) is 11.6 Å². The molecule has 136 valence electrons. The van der Waals surface area contributed by atoms with Crippen LogP contribution in [-0.4, -0.2) is 16.8 Å². The second kappa shape index (κ2) is 7.97. The Balaban J connectivity index is 1.77. The number of anilines is 2. The van der Waals surface area contributed by atoms with Gasteiger partial charge < -0.3 is 10.6 Å². The predicted molar refractivity (Wildman–Crippen MR) is 103 cm³/mol. The molecule has 2 amide bonds. The Morgan fingerprint density at radius 1 is 0.963 bits per heavy atom. The van der Waals surface area contributed by atoms with E-state index in [2.05, 4.69) is 15.6 Å². The first-order chi connectivity index (χ1) is 12.9. The summed E-state index contributed by atoms with van der Waals surface area (Å²) in [6.45, 7) is 1.79. The van der Waals surface area contributed by atoms with Crippen molar-refractivity contribution in [3.05, 3.63) is 88.5 Å². The van der Waals surface area contributed by atoms with Crippen LogP contribution in [0.3, 0.4) is 0 Å². The van der Waals surface area contributed by atoms with Crippen molar-refractivity contribution in [2.75, 3.05) is 10.6 Å². The minimum atomic E-state index is -0.498. The number of rotatable bonds is 4. The maximum atomic E-state index is 13.2. The van der Waals surface area contributed by atoms with Gasteiger partial charge in [-0.1, -0.05) is 23.7 Å². The molecule has 2 aromatic carbocycles. The van der Waals surface area contributed by atoms with Gasteiger partial charge in [0.1, 0.15) is 5.82 Å². The van der Waals surface area contributed by atoms with Crippen LogP contribution in [0.15, 0.2) is 60.9 Å². The zero-order valence-electron chi connectivity index (χ0n) is 14.3. The Hall–Kier alpha value is -3.25. The number of halogens is 2. The highest BCUT2D eigenvalue weighted by molar-refractivity contribution is 6.31. The van der Waals surface area contributed by atoms with Crippen LogP contribution in [0.1, 0.15) is 26.3 Å². The number of hydrogen-bond donors (Lipinski definition) is 2. The van der Waals surface area contributed by atoms with Crippen LogP contribution in [0, 0.1) is 12.7 Å². The molecular formula is C20H15ClFN3O2. The molecule has 7 heteroatoms. The van der Waals surface area contributed by atoms with E-state index >= 15 is 0 Å². The van der Waals surface area contributed by atoms with Gasteiger partial charge in [0.25, 0.3) is 11.8 Å². The molecule has 2 N–H and O–H groups in total. The molecule has 0 saturated heterocycles. The summed E-state index contributed by atoms with van der Waals surface area (Å²) in [4.78, 5) is 28.8. The van der Waals surface area contributed by atoms with Gasteiger partial charge in [-0.15, -0.1) is 0 Å². The van der Waals surface area contributed by atoms with Crippen LogP contribution in [0.5, 0.6) is 0 Å². The molecule has 3 rings (SSSR count). The molecule has 0 atom stereocenters. The highest BCUT2D eigenvalue weighted by Crippen LogP contribution is 2.23. The summed E-state index contributed by atoms with van der Waals surface area (Å²) in [6.07, 6.45) is 2.68. The molecule has 0 aliphatic rings. The predicted octanol–water partition coefficient (Wildman–Crippen LogP) is 4.69. The van der Waals surface area contributed by atoms with Crippen molar-refractivity contribution in [1.29, 1.82) is 0 Å². The molecule has 3 aromatic rings. The third-order valence-corrected chi connectivity index (χ3v) is 4.27. The van der Waals surface area contributed by atoms with Crippen LogP contribution >= 0.6 is 11.6 Å². The van der Waals surface area contributed by atoms with Crippen molar-refractivity contribution in [3.8, 4) is 0 Å². The van der Waals surface area contributed by atoms with E-state index < -0.39 is 17.6 Å². The van der Waals surface area contributed by atoms with Gasteiger partial charge in [0.2, 0.25) is 0 Å². The molecule has 5 nitrogen and oxygen atoms in total. The van der Waals surface area contributed by atoms with Gasteiger partial charge in [0.15, 0.2) is 0 Å². The van der Waals surface area contributed by atoms with E-state index in [1.54, 1.807) is 31.2 Å². The number of benzene rings is 2. The molecule has 1 heterocycles. The highest BCUT2D eigenvalue weighted by Gasteiger charge is 2.13. The number of aromatic nitrogens is 1. The molecule has 0 aliphatic heterocycles. The van der Waals surface area contributed by atoms with Gasteiger partial charge in [-0.2, -0.15) is 0 Å². The lowest BCUT2D eigenvalue weighted by molar-refractivity contribution is 0.102. The van der Waals surface area contributed by atoms with Gasteiger partial charge in [-0.25, -0.2) is 4.39 Å². The first-order valence-corrected chi connectivity index (χ1v) is 8.40. The summed E-state index contributed by atoms with van der Waals surface area (Å²) in [6, 6.07) is 12.1. The molecule has 0 aliphatic carbocycles. The number of carbonyl (C=O) groups is 2. The van der Waals surface area contributed by atoms with E-state index in [9.17, 15) is 14.0 Å². The number of hydrogen-bond acceptors (Lipinski definition) is 3. The van der Waals surface area contributed by atoms with Crippen molar-refractivity contribution < 1.29 is 14.0 Å². The molecule has 0 unspecified atom stereocenters. The van der Waals surface area contributed by atoms with Crippen molar-refractivity contribution >= 4 is 34.8 Å². The summed E-state index contributed by atoms with van der Waals surface area (Å²) in [5.41, 5.74) is 2.00. The standard InChI is InChI=1S/C20H15ClFN3O2/c1-12-17(21)6-3-7-18(12)25-20(27)14-8-13(10-23-11-14)19(26)24-16-5-2-4-15(22)9-16/h2-11H,1H3,(H,24,26)(H,25,27). The van der Waals surface area contributed by atoms with Crippen molar-refractivity contribution in [2.45, 2.75) is 6.92 Å². The molecule has 1 aromatic heterocycles. The quantitative estimate of drug-likeness (QED) is 0.686. The zero-order chi connectivity index (χ0) is 19.4. The molecule has 0 spiro atoms. The fourth-order valence-electron chi connectivity index (χ4n) is 2.40. The largest absolute Gasteiger partial charge is 0.322 e. The minimum absolute atomic E-state index is 0.176. The highest BCUT2D eigenvalue weighted by atomic mass is 35.5. The van der Waals surface area contributed by atoms with E-state index in [1.807, 2.05) is 0 Å². The van der Waals surface area contributed by atoms with Gasteiger partial charge in [0, 0.05) is 28.8 Å². The molecular weight excluding hydrogens is 369 g/mol. The van der Waals surface area contributed by atoms with Crippen molar-refractivity contribution in [1.82, 2.24) is 4.98 Å². The zero-order valence-corrected chi connectivity index (χ0v) is 15.0. The second-order valence-electron chi connectivity index (χ2n) is 5.79. The first-order valence-electron chi connectivity index (χ1n) is 8.02. The van der Waals surface area contributed by atoms with E-state index in [0.29, 0.717) is 16.4 Å². The van der Waals surface area contributed by atoms with Gasteiger partial charge in [-0.05, 0) is 48.9 Å². The Morgan fingerprint density at radius 2 is 1.63 bits per heavy atom. The summed E-state index contributed by atoms with van der Waals surface area (Å²) in [5.74, 6) is -1.38. The monoisotopic (exact) mass is 383 g/mol. The third kappa shape index (κ3) is 4.48. The Labute approximate surface area is 160 Å². The fourth-order valence-corrected chi connectivity index (χ4v) is 2.57. The minimum Gasteiger partial charge on any atom is -0.322 e. The van der Waals surface area contributed by atoms with Crippen molar-refractivity contribution in [3.63, 3.8) is 0 Å². The van der Waals surface area contributed by atoms with Crippen LogP contribution in [0.2, 0.25) is 5.02 Å². The molecule has 0 radical (unpaired) electrons. The van der Waals surface area contributed by atoms with Gasteiger partial charge in [0.05, 0.1) is 11.1 Å². The maximum Gasteiger partial charge on any atom is 0.257 e. The number of nitrogens with zero attached hydrogens (tertiary/aromatic N) is 1. The number of carbonyl (C=O) groups excluding carboxylic acids is 2. The molecule has 27 heavy (non-hydrogen) atoms. The molecule has 0 saturated carbocycles. The van der Waals surface area contributed by atoms with E-state index in [0.717, 1.165) is 5.56 Å². The Bertz CT molecular complexity index is 1020. The van der Waals surface area contributed by atoms with E-state index in [-0.39, 0.29) is 11.1 Å². The van der Waals surface area contributed by atoms with Crippen molar-refractivity contribution in [2.24, 2.45) is 0 Å².